The van der Waals surface area contributed by atoms with E-state index in [1.54, 1.807) is 0 Å². The number of hydrogen-bond acceptors (Lipinski definition) is 5. The van der Waals surface area contributed by atoms with Crippen LogP contribution in [0, 0.1) is 6.92 Å². The zero-order chi connectivity index (χ0) is 14.3. The van der Waals surface area contributed by atoms with E-state index in [9.17, 15) is 0 Å². The summed E-state index contributed by atoms with van der Waals surface area (Å²) < 4.78 is 10.8. The van der Waals surface area contributed by atoms with Crippen LogP contribution in [0.25, 0.3) is 0 Å². The molecule has 0 aromatic carbocycles. The van der Waals surface area contributed by atoms with Gasteiger partial charge in [0.05, 0.1) is 12.7 Å². The van der Waals surface area contributed by atoms with Crippen LogP contribution in [-0.4, -0.2) is 35.3 Å². The molecule has 0 saturated carbocycles. The van der Waals surface area contributed by atoms with E-state index in [-0.39, 0.29) is 6.10 Å². The van der Waals surface area contributed by atoms with E-state index < -0.39 is 0 Å². The van der Waals surface area contributed by atoms with Gasteiger partial charge in [-0.25, -0.2) is 9.97 Å². The molecule has 0 spiro atoms. The van der Waals surface area contributed by atoms with Crippen molar-refractivity contribution in [1.82, 2.24) is 15.3 Å². The van der Waals surface area contributed by atoms with Gasteiger partial charge in [0.2, 0.25) is 0 Å². The summed E-state index contributed by atoms with van der Waals surface area (Å²) in [5.41, 5.74) is 2.04. The Kier molecular flexibility index (Phi) is 6.73. The zero-order valence-electron chi connectivity index (χ0n) is 12.6. The Balaban J connectivity index is 2.42. The van der Waals surface area contributed by atoms with E-state index in [4.69, 9.17) is 9.47 Å². The molecule has 108 valence electrons. The maximum Gasteiger partial charge on any atom is 0.316 e. The molecular weight excluding hydrogens is 242 g/mol. The third-order valence-electron chi connectivity index (χ3n) is 2.53. The van der Waals surface area contributed by atoms with Crippen LogP contribution in [0.5, 0.6) is 6.01 Å². The normalized spacial score (nSPS) is 11.3. The van der Waals surface area contributed by atoms with Crippen molar-refractivity contribution >= 4 is 0 Å². The second-order valence-corrected chi connectivity index (χ2v) is 5.07. The molecule has 0 unspecified atom stereocenters. The predicted octanol–water partition coefficient (Wildman–Crippen LogP) is 2.09. The zero-order valence-corrected chi connectivity index (χ0v) is 12.6. The van der Waals surface area contributed by atoms with Gasteiger partial charge in [-0.2, -0.15) is 0 Å². The van der Waals surface area contributed by atoms with Crippen molar-refractivity contribution < 1.29 is 9.47 Å². The number of aryl methyl sites for hydroxylation is 1. The van der Waals surface area contributed by atoms with E-state index in [0.717, 1.165) is 17.8 Å². The first-order chi connectivity index (χ1) is 8.99. The fourth-order valence-corrected chi connectivity index (χ4v) is 1.44. The summed E-state index contributed by atoms with van der Waals surface area (Å²) in [6.07, 6.45) is 2.03. The Morgan fingerprint density at radius 1 is 1.21 bits per heavy atom. The van der Waals surface area contributed by atoms with Gasteiger partial charge >= 0.3 is 6.01 Å². The Labute approximate surface area is 115 Å². The minimum Gasteiger partial charge on any atom is -0.461 e. The average Bonchev–Trinajstić information content (AvgIpc) is 2.33. The monoisotopic (exact) mass is 267 g/mol. The van der Waals surface area contributed by atoms with E-state index >= 15 is 0 Å². The molecule has 0 aliphatic rings. The maximum atomic E-state index is 5.45. The first-order valence-electron chi connectivity index (χ1n) is 6.79. The topological polar surface area (TPSA) is 56.3 Å². The number of nitrogens with zero attached hydrogens (tertiary/aromatic N) is 2. The van der Waals surface area contributed by atoms with Crippen molar-refractivity contribution in [3.63, 3.8) is 0 Å². The first kappa shape index (κ1) is 15.9. The van der Waals surface area contributed by atoms with Gasteiger partial charge in [-0.1, -0.05) is 13.8 Å². The quantitative estimate of drug-likeness (QED) is 0.731. The van der Waals surface area contributed by atoms with Crippen LogP contribution < -0.4 is 10.1 Å². The van der Waals surface area contributed by atoms with Gasteiger partial charge in [0.1, 0.15) is 6.61 Å². The second-order valence-electron chi connectivity index (χ2n) is 5.07. The summed E-state index contributed by atoms with van der Waals surface area (Å²) in [5, 5.41) is 3.35. The third-order valence-corrected chi connectivity index (χ3v) is 2.53. The van der Waals surface area contributed by atoms with Gasteiger partial charge in [-0.05, 0) is 20.8 Å². The SMILES string of the molecule is Cc1nc(OCCOC(C)C)ncc1CNC(C)C. The Morgan fingerprint density at radius 2 is 1.95 bits per heavy atom. The lowest BCUT2D eigenvalue weighted by Gasteiger charge is -2.11. The average molecular weight is 267 g/mol. The summed E-state index contributed by atoms with van der Waals surface area (Å²) in [6.45, 7) is 12.0. The van der Waals surface area contributed by atoms with Crippen molar-refractivity contribution in [3.05, 3.63) is 17.5 Å². The number of ether oxygens (including phenoxy) is 2. The van der Waals surface area contributed by atoms with E-state index in [1.807, 2.05) is 27.0 Å². The summed E-state index contributed by atoms with van der Waals surface area (Å²) in [7, 11) is 0. The summed E-state index contributed by atoms with van der Waals surface area (Å²) in [4.78, 5) is 8.54. The lowest BCUT2D eigenvalue weighted by molar-refractivity contribution is 0.0530. The van der Waals surface area contributed by atoms with Crippen LogP contribution >= 0.6 is 0 Å². The summed E-state index contributed by atoms with van der Waals surface area (Å²) >= 11 is 0. The summed E-state index contributed by atoms with van der Waals surface area (Å²) in [5.74, 6) is 0. The lowest BCUT2D eigenvalue weighted by Crippen LogP contribution is -2.22. The van der Waals surface area contributed by atoms with Crippen molar-refractivity contribution in [3.8, 4) is 6.01 Å². The number of hydrogen-bond donors (Lipinski definition) is 1. The minimum atomic E-state index is 0.218. The molecule has 0 aliphatic heterocycles. The van der Waals surface area contributed by atoms with Crippen molar-refractivity contribution in [2.24, 2.45) is 0 Å². The predicted molar refractivity (Wildman–Crippen MR) is 75.3 cm³/mol. The van der Waals surface area contributed by atoms with Crippen LogP contribution in [0.2, 0.25) is 0 Å². The molecule has 1 aromatic rings. The Bertz CT molecular complexity index is 381. The van der Waals surface area contributed by atoms with Crippen LogP contribution in [-0.2, 0) is 11.3 Å². The van der Waals surface area contributed by atoms with Crippen LogP contribution in [0.1, 0.15) is 39.0 Å². The molecule has 5 heteroatoms. The van der Waals surface area contributed by atoms with E-state index in [1.165, 1.54) is 0 Å². The molecule has 0 aliphatic carbocycles. The molecule has 0 fully saturated rings. The van der Waals surface area contributed by atoms with Crippen LogP contribution in [0.3, 0.4) is 0 Å². The highest BCUT2D eigenvalue weighted by molar-refractivity contribution is 5.17. The van der Waals surface area contributed by atoms with Crippen molar-refractivity contribution in [1.29, 1.82) is 0 Å². The van der Waals surface area contributed by atoms with Crippen molar-refractivity contribution in [2.45, 2.75) is 53.3 Å². The standard InChI is InChI=1S/C14H25N3O2/c1-10(2)15-8-13-9-16-14(17-12(13)5)19-7-6-18-11(3)4/h9-11,15H,6-8H2,1-5H3. The Morgan fingerprint density at radius 3 is 2.53 bits per heavy atom. The highest BCUT2D eigenvalue weighted by Gasteiger charge is 2.05. The van der Waals surface area contributed by atoms with Gasteiger partial charge in [0.15, 0.2) is 0 Å². The molecule has 19 heavy (non-hydrogen) atoms. The summed E-state index contributed by atoms with van der Waals surface area (Å²) in [6, 6.07) is 0.863. The van der Waals surface area contributed by atoms with Gasteiger partial charge in [-0.3, -0.25) is 0 Å². The maximum absolute atomic E-state index is 5.45. The van der Waals surface area contributed by atoms with E-state index in [0.29, 0.717) is 25.3 Å². The molecule has 0 amide bonds. The highest BCUT2D eigenvalue weighted by atomic mass is 16.5. The third kappa shape index (κ3) is 6.50. The molecular formula is C14H25N3O2. The Hall–Kier alpha value is -1.20. The van der Waals surface area contributed by atoms with Crippen LogP contribution in [0.15, 0.2) is 6.20 Å². The van der Waals surface area contributed by atoms with Gasteiger partial charge in [0, 0.05) is 30.0 Å². The first-order valence-corrected chi connectivity index (χ1v) is 6.79. The smallest absolute Gasteiger partial charge is 0.316 e. The van der Waals surface area contributed by atoms with Gasteiger partial charge in [-0.15, -0.1) is 0 Å². The van der Waals surface area contributed by atoms with Crippen LogP contribution in [0.4, 0.5) is 0 Å². The fraction of sp³-hybridized carbons (Fsp3) is 0.714. The second kappa shape index (κ2) is 8.07. The van der Waals surface area contributed by atoms with Gasteiger partial charge in [0.25, 0.3) is 0 Å². The molecule has 0 atom stereocenters. The number of aromatic nitrogens is 2. The molecule has 0 bridgehead atoms. The van der Waals surface area contributed by atoms with E-state index in [2.05, 4.69) is 29.1 Å². The molecule has 1 heterocycles. The largest absolute Gasteiger partial charge is 0.461 e. The molecule has 0 saturated heterocycles. The number of nitrogens with one attached hydrogen (secondary N) is 1. The molecule has 1 N–H and O–H groups in total. The number of rotatable bonds is 8. The minimum absolute atomic E-state index is 0.218. The fourth-order valence-electron chi connectivity index (χ4n) is 1.44. The lowest BCUT2D eigenvalue weighted by atomic mass is 10.2. The molecule has 1 aromatic heterocycles. The molecule has 0 radical (unpaired) electrons. The van der Waals surface area contributed by atoms with Gasteiger partial charge < -0.3 is 14.8 Å². The van der Waals surface area contributed by atoms with Crippen molar-refractivity contribution in [2.75, 3.05) is 13.2 Å². The highest BCUT2D eigenvalue weighted by Crippen LogP contribution is 2.08. The molecule has 1 rings (SSSR count). The molecule has 5 nitrogen and oxygen atoms in total.